The molecule has 0 aromatic carbocycles. The monoisotopic (exact) mass is 305 g/mol. The standard InChI is InChI=1S/C16H27N5O/c1-14(19(2)3)4-9-18-16(22)21-12-10-20(11-13-21)15-5-7-17-8-6-15/h5-8,14H,4,9-13H2,1-3H3,(H,18,22). The normalized spacial score (nSPS) is 16.7. The van der Waals surface area contributed by atoms with Crippen LogP contribution < -0.4 is 10.2 Å². The molecule has 1 aromatic heterocycles. The molecule has 1 aliphatic heterocycles. The highest BCUT2D eigenvalue weighted by molar-refractivity contribution is 5.74. The van der Waals surface area contributed by atoms with Gasteiger partial charge in [0.15, 0.2) is 0 Å². The number of hydrogen-bond donors (Lipinski definition) is 1. The first-order valence-electron chi connectivity index (χ1n) is 7.92. The van der Waals surface area contributed by atoms with Gasteiger partial charge in [-0.15, -0.1) is 0 Å². The van der Waals surface area contributed by atoms with Gasteiger partial charge in [-0.3, -0.25) is 4.98 Å². The van der Waals surface area contributed by atoms with E-state index in [1.807, 2.05) is 17.0 Å². The molecule has 0 radical (unpaired) electrons. The van der Waals surface area contributed by atoms with E-state index in [-0.39, 0.29) is 6.03 Å². The van der Waals surface area contributed by atoms with Crippen molar-refractivity contribution in [3.63, 3.8) is 0 Å². The molecular weight excluding hydrogens is 278 g/mol. The maximum absolute atomic E-state index is 12.2. The number of nitrogens with zero attached hydrogens (tertiary/aromatic N) is 4. The molecule has 2 amide bonds. The number of rotatable bonds is 5. The van der Waals surface area contributed by atoms with Crippen LogP contribution in [0.1, 0.15) is 13.3 Å². The van der Waals surface area contributed by atoms with Crippen LogP contribution in [0.25, 0.3) is 0 Å². The van der Waals surface area contributed by atoms with E-state index in [1.54, 1.807) is 12.4 Å². The van der Waals surface area contributed by atoms with Gasteiger partial charge in [-0.2, -0.15) is 0 Å². The fourth-order valence-corrected chi connectivity index (χ4v) is 2.48. The second kappa shape index (κ2) is 7.98. The van der Waals surface area contributed by atoms with Gasteiger partial charge >= 0.3 is 6.03 Å². The summed E-state index contributed by atoms with van der Waals surface area (Å²) < 4.78 is 0. The number of carbonyl (C=O) groups excluding carboxylic acids is 1. The third-order valence-corrected chi connectivity index (χ3v) is 4.31. The summed E-state index contributed by atoms with van der Waals surface area (Å²) in [6, 6.07) is 4.56. The van der Waals surface area contributed by atoms with Crippen molar-refractivity contribution < 1.29 is 4.79 Å². The lowest BCUT2D eigenvalue weighted by molar-refractivity contribution is 0.192. The van der Waals surface area contributed by atoms with E-state index in [0.717, 1.165) is 39.1 Å². The van der Waals surface area contributed by atoms with Crippen LogP contribution in [0.2, 0.25) is 0 Å². The highest BCUT2D eigenvalue weighted by atomic mass is 16.2. The summed E-state index contributed by atoms with van der Waals surface area (Å²) >= 11 is 0. The van der Waals surface area contributed by atoms with Gasteiger partial charge in [0, 0.05) is 56.8 Å². The Morgan fingerprint density at radius 2 is 1.91 bits per heavy atom. The van der Waals surface area contributed by atoms with Crippen LogP contribution in [-0.2, 0) is 0 Å². The minimum Gasteiger partial charge on any atom is -0.368 e. The zero-order valence-corrected chi connectivity index (χ0v) is 13.8. The molecular formula is C16H27N5O. The Bertz CT molecular complexity index is 457. The van der Waals surface area contributed by atoms with Gasteiger partial charge in [0.1, 0.15) is 0 Å². The maximum atomic E-state index is 12.2. The Kier molecular flexibility index (Phi) is 6.00. The van der Waals surface area contributed by atoms with Crippen LogP contribution in [0.4, 0.5) is 10.5 Å². The summed E-state index contributed by atoms with van der Waals surface area (Å²) in [5.41, 5.74) is 1.18. The number of anilines is 1. The number of amides is 2. The van der Waals surface area contributed by atoms with Crippen LogP contribution in [-0.4, -0.2) is 73.7 Å². The number of aromatic nitrogens is 1. The first-order valence-corrected chi connectivity index (χ1v) is 7.92. The molecule has 122 valence electrons. The Labute approximate surface area is 133 Å². The summed E-state index contributed by atoms with van der Waals surface area (Å²) in [7, 11) is 4.12. The number of urea groups is 1. The fraction of sp³-hybridized carbons (Fsp3) is 0.625. The quantitative estimate of drug-likeness (QED) is 0.890. The number of piperazine rings is 1. The minimum atomic E-state index is 0.0559. The van der Waals surface area contributed by atoms with Crippen LogP contribution >= 0.6 is 0 Å². The summed E-state index contributed by atoms with van der Waals surface area (Å²) in [5, 5.41) is 3.02. The van der Waals surface area contributed by atoms with Crippen molar-refractivity contribution in [2.45, 2.75) is 19.4 Å². The summed E-state index contributed by atoms with van der Waals surface area (Å²) in [4.78, 5) is 22.6. The predicted molar refractivity (Wildman–Crippen MR) is 89.2 cm³/mol. The smallest absolute Gasteiger partial charge is 0.317 e. The Balaban J connectivity index is 1.71. The molecule has 0 aliphatic carbocycles. The molecule has 1 atom stereocenters. The second-order valence-electron chi connectivity index (χ2n) is 6.01. The van der Waals surface area contributed by atoms with Crippen molar-refractivity contribution in [3.8, 4) is 0 Å². The molecule has 0 bridgehead atoms. The second-order valence-corrected chi connectivity index (χ2v) is 6.01. The largest absolute Gasteiger partial charge is 0.368 e. The van der Waals surface area contributed by atoms with Crippen molar-refractivity contribution in [1.29, 1.82) is 0 Å². The summed E-state index contributed by atoms with van der Waals surface area (Å²) in [6.45, 7) is 6.15. The molecule has 1 saturated heterocycles. The molecule has 1 aromatic rings. The lowest BCUT2D eigenvalue weighted by Crippen LogP contribution is -2.52. The van der Waals surface area contributed by atoms with E-state index in [4.69, 9.17) is 0 Å². The maximum Gasteiger partial charge on any atom is 0.317 e. The third kappa shape index (κ3) is 4.59. The van der Waals surface area contributed by atoms with Gasteiger partial charge in [0.25, 0.3) is 0 Å². The van der Waals surface area contributed by atoms with Gasteiger partial charge in [-0.25, -0.2) is 4.79 Å². The highest BCUT2D eigenvalue weighted by Gasteiger charge is 2.21. The number of carbonyl (C=O) groups is 1. The molecule has 1 unspecified atom stereocenters. The van der Waals surface area contributed by atoms with Crippen molar-refractivity contribution in [2.75, 3.05) is 51.7 Å². The van der Waals surface area contributed by atoms with E-state index in [9.17, 15) is 4.79 Å². The first-order chi connectivity index (χ1) is 10.6. The Morgan fingerprint density at radius 3 is 2.50 bits per heavy atom. The zero-order chi connectivity index (χ0) is 15.9. The van der Waals surface area contributed by atoms with Gasteiger partial charge < -0.3 is 20.0 Å². The number of hydrogen-bond acceptors (Lipinski definition) is 4. The van der Waals surface area contributed by atoms with E-state index >= 15 is 0 Å². The first kappa shape index (κ1) is 16.5. The van der Waals surface area contributed by atoms with E-state index in [2.05, 4.69) is 41.1 Å². The predicted octanol–water partition coefficient (Wildman–Crippen LogP) is 1.25. The fourth-order valence-electron chi connectivity index (χ4n) is 2.48. The number of pyridine rings is 1. The average Bonchev–Trinajstić information content (AvgIpc) is 2.55. The van der Waals surface area contributed by atoms with E-state index < -0.39 is 0 Å². The zero-order valence-electron chi connectivity index (χ0n) is 13.8. The molecule has 0 spiro atoms. The van der Waals surface area contributed by atoms with Crippen LogP contribution in [0.3, 0.4) is 0 Å². The molecule has 22 heavy (non-hydrogen) atoms. The Morgan fingerprint density at radius 1 is 1.27 bits per heavy atom. The SMILES string of the molecule is CC(CCNC(=O)N1CCN(c2ccncc2)CC1)N(C)C. The number of nitrogens with one attached hydrogen (secondary N) is 1. The van der Waals surface area contributed by atoms with E-state index in [0.29, 0.717) is 6.04 Å². The van der Waals surface area contributed by atoms with Gasteiger partial charge in [0.2, 0.25) is 0 Å². The third-order valence-electron chi connectivity index (χ3n) is 4.31. The Hall–Kier alpha value is -1.82. The molecule has 6 nitrogen and oxygen atoms in total. The van der Waals surface area contributed by atoms with Gasteiger partial charge in [0.05, 0.1) is 0 Å². The summed E-state index contributed by atoms with van der Waals surface area (Å²) in [5.74, 6) is 0. The highest BCUT2D eigenvalue weighted by Crippen LogP contribution is 2.14. The lowest BCUT2D eigenvalue weighted by Gasteiger charge is -2.36. The van der Waals surface area contributed by atoms with Crippen molar-refractivity contribution in [2.24, 2.45) is 0 Å². The lowest BCUT2D eigenvalue weighted by atomic mass is 10.2. The van der Waals surface area contributed by atoms with Crippen LogP contribution in [0, 0.1) is 0 Å². The average molecular weight is 305 g/mol. The van der Waals surface area contributed by atoms with Gasteiger partial charge in [-0.1, -0.05) is 0 Å². The van der Waals surface area contributed by atoms with Crippen molar-refractivity contribution in [1.82, 2.24) is 20.1 Å². The minimum absolute atomic E-state index is 0.0559. The summed E-state index contributed by atoms with van der Waals surface area (Å²) in [6.07, 6.45) is 4.58. The van der Waals surface area contributed by atoms with Crippen molar-refractivity contribution >= 4 is 11.7 Å². The van der Waals surface area contributed by atoms with Gasteiger partial charge in [-0.05, 0) is 39.6 Å². The molecule has 2 heterocycles. The molecule has 2 rings (SSSR count). The molecule has 1 aliphatic rings. The van der Waals surface area contributed by atoms with E-state index in [1.165, 1.54) is 5.69 Å². The van der Waals surface area contributed by atoms with Crippen LogP contribution in [0.15, 0.2) is 24.5 Å². The molecule has 1 N–H and O–H groups in total. The van der Waals surface area contributed by atoms with Crippen LogP contribution in [0.5, 0.6) is 0 Å². The molecule has 1 fully saturated rings. The molecule has 0 saturated carbocycles. The topological polar surface area (TPSA) is 51.7 Å². The molecule has 6 heteroatoms. The van der Waals surface area contributed by atoms with Crippen molar-refractivity contribution in [3.05, 3.63) is 24.5 Å².